The van der Waals surface area contributed by atoms with Crippen LogP contribution in [0.3, 0.4) is 0 Å². The fourth-order valence-electron chi connectivity index (χ4n) is 1.73. The van der Waals surface area contributed by atoms with Crippen LogP contribution in [0.1, 0.15) is 33.1 Å². The van der Waals surface area contributed by atoms with Crippen molar-refractivity contribution in [2.45, 2.75) is 45.4 Å². The van der Waals surface area contributed by atoms with Gasteiger partial charge in [-0.15, -0.1) is 0 Å². The zero-order chi connectivity index (χ0) is 11.0. The number of hydrogen-bond donors (Lipinski definition) is 2. The molecular formula is C10H24N2O2. The standard InChI is InChI=1S/C10H24N2O2/c1-5-6-8(2)7-9(12-11)10(13-3)14-4/h8-10,12H,5-7,11H2,1-4H3. The number of hydrazine groups is 1. The Hall–Kier alpha value is -0.160. The summed E-state index contributed by atoms with van der Waals surface area (Å²) in [5.74, 6) is 6.09. The molecule has 0 radical (unpaired) electrons. The van der Waals surface area contributed by atoms with E-state index in [1.54, 1.807) is 14.2 Å². The van der Waals surface area contributed by atoms with Gasteiger partial charge >= 0.3 is 0 Å². The highest BCUT2D eigenvalue weighted by atomic mass is 16.7. The first kappa shape index (κ1) is 13.8. The third-order valence-electron chi connectivity index (χ3n) is 2.45. The van der Waals surface area contributed by atoms with Crippen LogP contribution in [0.4, 0.5) is 0 Å². The molecule has 0 aliphatic rings. The third kappa shape index (κ3) is 4.91. The molecule has 0 heterocycles. The van der Waals surface area contributed by atoms with Gasteiger partial charge in [0.25, 0.3) is 0 Å². The van der Waals surface area contributed by atoms with Crippen LogP contribution in [-0.2, 0) is 9.47 Å². The maximum absolute atomic E-state index is 5.46. The second-order valence-electron chi connectivity index (χ2n) is 3.74. The van der Waals surface area contributed by atoms with Gasteiger partial charge in [-0.1, -0.05) is 26.7 Å². The minimum atomic E-state index is -0.265. The van der Waals surface area contributed by atoms with E-state index in [2.05, 4.69) is 19.3 Å². The summed E-state index contributed by atoms with van der Waals surface area (Å²) in [5, 5.41) is 0. The summed E-state index contributed by atoms with van der Waals surface area (Å²) in [7, 11) is 3.26. The van der Waals surface area contributed by atoms with Gasteiger partial charge in [-0.3, -0.25) is 11.3 Å². The number of hydrogen-bond acceptors (Lipinski definition) is 4. The SMILES string of the molecule is CCCC(C)CC(NN)C(OC)OC. The first-order valence-corrected chi connectivity index (χ1v) is 5.21. The third-order valence-corrected chi connectivity index (χ3v) is 2.45. The molecule has 2 atom stereocenters. The van der Waals surface area contributed by atoms with E-state index in [-0.39, 0.29) is 12.3 Å². The van der Waals surface area contributed by atoms with E-state index in [0.717, 1.165) is 6.42 Å². The molecule has 0 saturated carbocycles. The molecule has 2 unspecified atom stereocenters. The first-order valence-electron chi connectivity index (χ1n) is 5.21. The minimum Gasteiger partial charge on any atom is -0.354 e. The van der Waals surface area contributed by atoms with Crippen LogP contribution < -0.4 is 11.3 Å². The van der Waals surface area contributed by atoms with Crippen molar-refractivity contribution in [2.24, 2.45) is 11.8 Å². The molecule has 86 valence electrons. The van der Waals surface area contributed by atoms with Crippen molar-refractivity contribution in [1.82, 2.24) is 5.43 Å². The lowest BCUT2D eigenvalue weighted by Gasteiger charge is -2.26. The van der Waals surface area contributed by atoms with Crippen molar-refractivity contribution in [3.63, 3.8) is 0 Å². The Morgan fingerprint density at radius 3 is 2.21 bits per heavy atom. The Morgan fingerprint density at radius 2 is 1.86 bits per heavy atom. The predicted octanol–water partition coefficient (Wildman–Crippen LogP) is 1.26. The van der Waals surface area contributed by atoms with Crippen LogP contribution in [-0.4, -0.2) is 26.6 Å². The summed E-state index contributed by atoms with van der Waals surface area (Å²) in [6, 6.07) is 0.0616. The maximum atomic E-state index is 5.46. The van der Waals surface area contributed by atoms with E-state index in [9.17, 15) is 0 Å². The normalized spacial score (nSPS) is 15.9. The lowest BCUT2D eigenvalue weighted by atomic mass is 9.97. The van der Waals surface area contributed by atoms with Gasteiger partial charge in [0.2, 0.25) is 0 Å². The number of ether oxygens (including phenoxy) is 2. The molecule has 0 amide bonds. The van der Waals surface area contributed by atoms with Crippen molar-refractivity contribution < 1.29 is 9.47 Å². The van der Waals surface area contributed by atoms with Gasteiger partial charge in [-0.25, -0.2) is 0 Å². The molecule has 14 heavy (non-hydrogen) atoms. The van der Waals surface area contributed by atoms with Crippen LogP contribution >= 0.6 is 0 Å². The Bertz CT molecular complexity index is 129. The van der Waals surface area contributed by atoms with E-state index in [1.807, 2.05) is 0 Å². The molecule has 0 aromatic heterocycles. The van der Waals surface area contributed by atoms with Crippen LogP contribution in [0.5, 0.6) is 0 Å². The minimum absolute atomic E-state index is 0.0616. The van der Waals surface area contributed by atoms with E-state index in [1.165, 1.54) is 12.8 Å². The summed E-state index contributed by atoms with van der Waals surface area (Å²) in [6.45, 7) is 4.40. The molecule has 4 nitrogen and oxygen atoms in total. The highest BCUT2D eigenvalue weighted by molar-refractivity contribution is 4.70. The summed E-state index contributed by atoms with van der Waals surface area (Å²) in [4.78, 5) is 0. The summed E-state index contributed by atoms with van der Waals surface area (Å²) < 4.78 is 10.3. The van der Waals surface area contributed by atoms with Gasteiger partial charge in [-0.05, 0) is 12.3 Å². The molecule has 0 bridgehead atoms. The van der Waals surface area contributed by atoms with Gasteiger partial charge in [0, 0.05) is 14.2 Å². The van der Waals surface area contributed by atoms with Crippen LogP contribution in [0.2, 0.25) is 0 Å². The molecule has 0 fully saturated rings. The van der Waals surface area contributed by atoms with Gasteiger partial charge in [-0.2, -0.15) is 0 Å². The van der Waals surface area contributed by atoms with Crippen molar-refractivity contribution in [2.75, 3.05) is 14.2 Å². The summed E-state index contributed by atoms with van der Waals surface area (Å²) in [6.07, 6.45) is 3.11. The van der Waals surface area contributed by atoms with Crippen molar-refractivity contribution in [3.05, 3.63) is 0 Å². The predicted molar refractivity (Wildman–Crippen MR) is 57.6 cm³/mol. The lowest BCUT2D eigenvalue weighted by molar-refractivity contribution is -0.126. The quantitative estimate of drug-likeness (QED) is 0.355. The van der Waals surface area contributed by atoms with Crippen LogP contribution in [0.25, 0.3) is 0 Å². The Morgan fingerprint density at radius 1 is 1.29 bits per heavy atom. The number of nitrogens with one attached hydrogen (secondary N) is 1. The van der Waals surface area contributed by atoms with Gasteiger partial charge < -0.3 is 9.47 Å². The van der Waals surface area contributed by atoms with Gasteiger partial charge in [0.05, 0.1) is 6.04 Å². The molecule has 0 spiro atoms. The average Bonchev–Trinajstić information content (AvgIpc) is 2.18. The average molecular weight is 204 g/mol. The topological polar surface area (TPSA) is 56.5 Å². The Kier molecular flexibility index (Phi) is 8.08. The summed E-state index contributed by atoms with van der Waals surface area (Å²) in [5.41, 5.74) is 2.74. The van der Waals surface area contributed by atoms with Gasteiger partial charge in [0.1, 0.15) is 0 Å². The molecular weight excluding hydrogens is 180 g/mol. The fourth-order valence-corrected chi connectivity index (χ4v) is 1.73. The van der Waals surface area contributed by atoms with Crippen LogP contribution in [0.15, 0.2) is 0 Å². The maximum Gasteiger partial charge on any atom is 0.173 e. The van der Waals surface area contributed by atoms with Crippen LogP contribution in [0, 0.1) is 5.92 Å². The molecule has 0 aromatic carbocycles. The molecule has 4 heteroatoms. The van der Waals surface area contributed by atoms with E-state index >= 15 is 0 Å². The van der Waals surface area contributed by atoms with E-state index in [4.69, 9.17) is 15.3 Å². The number of nitrogens with two attached hydrogens (primary N) is 1. The summed E-state index contributed by atoms with van der Waals surface area (Å²) >= 11 is 0. The second-order valence-corrected chi connectivity index (χ2v) is 3.74. The zero-order valence-electron chi connectivity index (χ0n) is 9.75. The fraction of sp³-hybridized carbons (Fsp3) is 1.00. The monoisotopic (exact) mass is 204 g/mol. The van der Waals surface area contributed by atoms with Crippen molar-refractivity contribution in [3.8, 4) is 0 Å². The van der Waals surface area contributed by atoms with E-state index in [0.29, 0.717) is 5.92 Å². The number of rotatable bonds is 8. The first-order chi connectivity index (χ1) is 6.69. The van der Waals surface area contributed by atoms with E-state index < -0.39 is 0 Å². The molecule has 0 rings (SSSR count). The Labute approximate surface area is 87.1 Å². The molecule has 0 aliphatic carbocycles. The number of methoxy groups -OCH3 is 2. The van der Waals surface area contributed by atoms with Gasteiger partial charge in [0.15, 0.2) is 6.29 Å². The Balaban J connectivity index is 3.98. The zero-order valence-corrected chi connectivity index (χ0v) is 9.75. The molecule has 0 aliphatic heterocycles. The highest BCUT2D eigenvalue weighted by Gasteiger charge is 2.21. The van der Waals surface area contributed by atoms with Crippen molar-refractivity contribution >= 4 is 0 Å². The molecule has 3 N–H and O–H groups in total. The second kappa shape index (κ2) is 8.17. The highest BCUT2D eigenvalue weighted by Crippen LogP contribution is 2.15. The smallest absolute Gasteiger partial charge is 0.173 e. The molecule has 0 saturated heterocycles. The molecule has 0 aromatic rings. The largest absolute Gasteiger partial charge is 0.354 e. The lowest BCUT2D eigenvalue weighted by Crippen LogP contribution is -2.46. The van der Waals surface area contributed by atoms with Crippen molar-refractivity contribution in [1.29, 1.82) is 0 Å².